The average Bonchev–Trinajstić information content (AvgIpc) is 2.52. The first-order valence-electron chi connectivity index (χ1n) is 8.16. The SMILES string of the molecule is COCCn1c(C)cc(=O)c(O)c1CN(C)C1CCCCC1. The van der Waals surface area contributed by atoms with Gasteiger partial charge in [0, 0.05) is 38.0 Å². The predicted octanol–water partition coefficient (Wildman–Crippen LogP) is 2.27. The zero-order chi connectivity index (χ0) is 16.1. The van der Waals surface area contributed by atoms with Crippen molar-refractivity contribution in [3.8, 4) is 5.75 Å². The molecule has 1 aliphatic rings. The van der Waals surface area contributed by atoms with Crippen LogP contribution in [-0.4, -0.2) is 41.4 Å². The van der Waals surface area contributed by atoms with E-state index in [9.17, 15) is 9.90 Å². The Balaban J connectivity index is 2.25. The summed E-state index contributed by atoms with van der Waals surface area (Å²) in [5.74, 6) is -0.121. The predicted molar refractivity (Wildman–Crippen MR) is 87.3 cm³/mol. The van der Waals surface area contributed by atoms with E-state index in [4.69, 9.17) is 4.74 Å². The van der Waals surface area contributed by atoms with Crippen LogP contribution in [0.15, 0.2) is 10.9 Å². The Labute approximate surface area is 132 Å². The van der Waals surface area contributed by atoms with Gasteiger partial charge in [-0.2, -0.15) is 0 Å². The average molecular weight is 308 g/mol. The molecule has 0 unspecified atom stereocenters. The molecule has 1 aromatic heterocycles. The molecule has 1 aliphatic carbocycles. The van der Waals surface area contributed by atoms with Gasteiger partial charge in [0.15, 0.2) is 5.75 Å². The summed E-state index contributed by atoms with van der Waals surface area (Å²) in [7, 11) is 3.74. The van der Waals surface area contributed by atoms with Crippen LogP contribution in [0.2, 0.25) is 0 Å². The standard InChI is InChI=1S/C17H28N2O3/c1-13-11-16(20)17(21)15(19(13)9-10-22-3)12-18(2)14-7-5-4-6-8-14/h11,14,21H,4-10,12H2,1-3H3. The van der Waals surface area contributed by atoms with Crippen molar-refractivity contribution in [2.45, 2.75) is 58.2 Å². The third kappa shape index (κ3) is 3.90. The second-order valence-corrected chi connectivity index (χ2v) is 6.30. The highest BCUT2D eigenvalue weighted by Crippen LogP contribution is 2.24. The molecule has 0 atom stereocenters. The summed E-state index contributed by atoms with van der Waals surface area (Å²) in [6.07, 6.45) is 6.26. The number of rotatable bonds is 6. The highest BCUT2D eigenvalue weighted by molar-refractivity contribution is 5.29. The minimum atomic E-state index is -0.293. The molecule has 0 radical (unpaired) electrons. The zero-order valence-electron chi connectivity index (χ0n) is 14.0. The minimum Gasteiger partial charge on any atom is -0.503 e. The fraction of sp³-hybridized carbons (Fsp3) is 0.706. The van der Waals surface area contributed by atoms with E-state index in [0.717, 1.165) is 5.69 Å². The van der Waals surface area contributed by atoms with Crippen LogP contribution in [0.1, 0.15) is 43.5 Å². The summed E-state index contributed by atoms with van der Waals surface area (Å²) in [6.45, 7) is 3.70. The number of aryl methyl sites for hydroxylation is 1. The van der Waals surface area contributed by atoms with Gasteiger partial charge in [0.25, 0.3) is 0 Å². The molecule has 0 saturated heterocycles. The van der Waals surface area contributed by atoms with Gasteiger partial charge in [-0.1, -0.05) is 19.3 Å². The first-order chi connectivity index (χ1) is 10.5. The van der Waals surface area contributed by atoms with Gasteiger partial charge in [0.05, 0.1) is 12.3 Å². The van der Waals surface area contributed by atoms with E-state index >= 15 is 0 Å². The lowest BCUT2D eigenvalue weighted by Crippen LogP contribution is -2.34. The molecule has 5 nitrogen and oxygen atoms in total. The maximum Gasteiger partial charge on any atom is 0.223 e. The number of aromatic nitrogens is 1. The molecule has 22 heavy (non-hydrogen) atoms. The van der Waals surface area contributed by atoms with Crippen molar-refractivity contribution in [2.75, 3.05) is 20.8 Å². The monoisotopic (exact) mass is 308 g/mol. The Bertz CT molecular complexity index is 548. The van der Waals surface area contributed by atoms with Gasteiger partial charge < -0.3 is 14.4 Å². The smallest absolute Gasteiger partial charge is 0.223 e. The first kappa shape index (κ1) is 17.0. The van der Waals surface area contributed by atoms with Crippen LogP contribution in [0.25, 0.3) is 0 Å². The Hall–Kier alpha value is -1.33. The molecule has 2 rings (SSSR count). The lowest BCUT2D eigenvalue weighted by atomic mass is 9.94. The number of pyridine rings is 1. The van der Waals surface area contributed by atoms with Crippen LogP contribution in [0.4, 0.5) is 0 Å². The number of ether oxygens (including phenoxy) is 1. The normalized spacial score (nSPS) is 16.4. The van der Waals surface area contributed by atoms with Crippen molar-refractivity contribution in [1.29, 1.82) is 0 Å². The van der Waals surface area contributed by atoms with E-state index in [-0.39, 0.29) is 11.2 Å². The van der Waals surface area contributed by atoms with Gasteiger partial charge in [-0.15, -0.1) is 0 Å². The molecule has 124 valence electrons. The molecular formula is C17H28N2O3. The van der Waals surface area contributed by atoms with E-state index in [0.29, 0.717) is 31.4 Å². The molecule has 5 heteroatoms. The van der Waals surface area contributed by atoms with Gasteiger partial charge in [0.2, 0.25) is 5.43 Å². The van der Waals surface area contributed by atoms with Crippen LogP contribution < -0.4 is 5.43 Å². The zero-order valence-corrected chi connectivity index (χ0v) is 14.0. The van der Waals surface area contributed by atoms with Crippen molar-refractivity contribution in [3.05, 3.63) is 27.7 Å². The molecule has 0 bridgehead atoms. The maximum atomic E-state index is 11.9. The van der Waals surface area contributed by atoms with E-state index < -0.39 is 0 Å². The molecule has 1 fully saturated rings. The van der Waals surface area contributed by atoms with Gasteiger partial charge >= 0.3 is 0 Å². The van der Waals surface area contributed by atoms with Crippen molar-refractivity contribution >= 4 is 0 Å². The summed E-state index contributed by atoms with van der Waals surface area (Å²) < 4.78 is 7.15. The molecule has 1 aromatic rings. The summed E-state index contributed by atoms with van der Waals surface area (Å²) in [4.78, 5) is 14.2. The topological polar surface area (TPSA) is 54.7 Å². The Kier molecular flexibility index (Phi) is 6.03. The molecule has 0 spiro atoms. The van der Waals surface area contributed by atoms with Gasteiger partial charge in [-0.25, -0.2) is 0 Å². The first-order valence-corrected chi connectivity index (χ1v) is 8.16. The van der Waals surface area contributed by atoms with Crippen LogP contribution in [0, 0.1) is 6.92 Å². The van der Waals surface area contributed by atoms with Gasteiger partial charge in [-0.05, 0) is 26.8 Å². The van der Waals surface area contributed by atoms with Crippen molar-refractivity contribution < 1.29 is 9.84 Å². The van der Waals surface area contributed by atoms with Gasteiger partial charge in [0.1, 0.15) is 0 Å². The van der Waals surface area contributed by atoms with Crippen molar-refractivity contribution in [3.63, 3.8) is 0 Å². The molecule has 1 saturated carbocycles. The number of hydrogen-bond acceptors (Lipinski definition) is 4. The highest BCUT2D eigenvalue weighted by Gasteiger charge is 2.21. The number of aromatic hydroxyl groups is 1. The maximum absolute atomic E-state index is 11.9. The molecular weight excluding hydrogens is 280 g/mol. The second kappa shape index (κ2) is 7.79. The summed E-state index contributed by atoms with van der Waals surface area (Å²) >= 11 is 0. The molecule has 1 N–H and O–H groups in total. The van der Waals surface area contributed by atoms with E-state index in [1.807, 2.05) is 11.5 Å². The number of methoxy groups -OCH3 is 1. The van der Waals surface area contributed by atoms with E-state index in [1.54, 1.807) is 7.11 Å². The van der Waals surface area contributed by atoms with Crippen molar-refractivity contribution in [2.24, 2.45) is 0 Å². The molecule has 0 aliphatic heterocycles. The summed E-state index contributed by atoms with van der Waals surface area (Å²) in [5, 5.41) is 10.2. The van der Waals surface area contributed by atoms with Crippen LogP contribution in [0.5, 0.6) is 5.75 Å². The summed E-state index contributed by atoms with van der Waals surface area (Å²) in [6, 6.07) is 2.04. The van der Waals surface area contributed by atoms with Gasteiger partial charge in [-0.3, -0.25) is 9.69 Å². The number of hydrogen-bond donors (Lipinski definition) is 1. The Morgan fingerprint density at radius 1 is 1.36 bits per heavy atom. The highest BCUT2D eigenvalue weighted by atomic mass is 16.5. The quantitative estimate of drug-likeness (QED) is 0.876. The molecule has 0 aromatic carbocycles. The van der Waals surface area contributed by atoms with Crippen LogP contribution in [0.3, 0.4) is 0 Å². The van der Waals surface area contributed by atoms with E-state index in [1.165, 1.54) is 38.2 Å². The second-order valence-electron chi connectivity index (χ2n) is 6.30. The molecule has 1 heterocycles. The van der Waals surface area contributed by atoms with Crippen LogP contribution >= 0.6 is 0 Å². The van der Waals surface area contributed by atoms with Crippen LogP contribution in [-0.2, 0) is 17.8 Å². The lowest BCUT2D eigenvalue weighted by molar-refractivity contribution is 0.168. The third-order valence-electron chi connectivity index (χ3n) is 4.71. The number of nitrogens with zero attached hydrogens (tertiary/aromatic N) is 2. The fourth-order valence-electron chi connectivity index (χ4n) is 3.36. The third-order valence-corrected chi connectivity index (χ3v) is 4.71. The fourth-order valence-corrected chi connectivity index (χ4v) is 3.36. The lowest BCUT2D eigenvalue weighted by Gasteiger charge is -2.32. The largest absolute Gasteiger partial charge is 0.503 e. The Morgan fingerprint density at radius 2 is 2.05 bits per heavy atom. The summed E-state index contributed by atoms with van der Waals surface area (Å²) in [5.41, 5.74) is 1.28. The minimum absolute atomic E-state index is 0.121. The van der Waals surface area contributed by atoms with E-state index in [2.05, 4.69) is 11.9 Å². The Morgan fingerprint density at radius 3 is 2.68 bits per heavy atom. The van der Waals surface area contributed by atoms with Crippen molar-refractivity contribution in [1.82, 2.24) is 9.47 Å². The molecule has 0 amide bonds.